The molecule has 0 aliphatic rings. The number of carbonyl (C=O) groups is 1. The fraction of sp³-hybridized carbons (Fsp3) is 0.333. The number of aryl methyl sites for hydroxylation is 1. The minimum atomic E-state index is -0.170. The number of nitrogens with zero attached hydrogens (tertiary/aromatic N) is 2. The van der Waals surface area contributed by atoms with Crippen molar-refractivity contribution in [1.82, 2.24) is 9.88 Å². The number of amides is 2. The maximum Gasteiger partial charge on any atom is 0.322 e. The van der Waals surface area contributed by atoms with Gasteiger partial charge in [-0.1, -0.05) is 6.07 Å². The third-order valence-electron chi connectivity index (χ3n) is 1.55. The molecule has 0 saturated carbocycles. The minimum absolute atomic E-state index is 0.170. The first-order chi connectivity index (χ1) is 6.09. The van der Waals surface area contributed by atoms with Gasteiger partial charge < -0.3 is 4.90 Å². The van der Waals surface area contributed by atoms with Gasteiger partial charge in [-0.05, 0) is 18.6 Å². The largest absolute Gasteiger partial charge is 0.331 e. The molecule has 0 aromatic carbocycles. The second-order valence-corrected chi connectivity index (χ2v) is 3.05. The summed E-state index contributed by atoms with van der Waals surface area (Å²) in [6.45, 7) is 1.95. The molecular weight excluding hydrogens is 166 g/mol. The van der Waals surface area contributed by atoms with Crippen molar-refractivity contribution in [3.63, 3.8) is 0 Å². The van der Waals surface area contributed by atoms with E-state index in [0.29, 0.717) is 5.82 Å². The van der Waals surface area contributed by atoms with Gasteiger partial charge in [0.1, 0.15) is 5.82 Å². The van der Waals surface area contributed by atoms with E-state index in [2.05, 4.69) is 10.3 Å². The molecule has 1 N–H and O–H groups in total. The zero-order valence-electron chi connectivity index (χ0n) is 8.03. The van der Waals surface area contributed by atoms with E-state index in [1.807, 2.05) is 13.0 Å². The molecule has 1 rings (SSSR count). The molecule has 1 aromatic heterocycles. The van der Waals surface area contributed by atoms with E-state index in [9.17, 15) is 4.79 Å². The lowest BCUT2D eigenvalue weighted by Crippen LogP contribution is -2.27. The third-order valence-corrected chi connectivity index (χ3v) is 1.55. The molecule has 0 aliphatic carbocycles. The Morgan fingerprint density at radius 1 is 1.46 bits per heavy atom. The summed E-state index contributed by atoms with van der Waals surface area (Å²) in [7, 11) is 3.37. The molecule has 0 unspecified atom stereocenters. The van der Waals surface area contributed by atoms with E-state index in [1.165, 1.54) is 4.90 Å². The van der Waals surface area contributed by atoms with Crippen LogP contribution >= 0.6 is 0 Å². The molecule has 13 heavy (non-hydrogen) atoms. The van der Waals surface area contributed by atoms with Crippen molar-refractivity contribution in [1.29, 1.82) is 0 Å². The van der Waals surface area contributed by atoms with Crippen LogP contribution in [0.4, 0.5) is 10.6 Å². The number of hydrogen-bond acceptors (Lipinski definition) is 2. The Hall–Kier alpha value is -1.58. The highest BCUT2D eigenvalue weighted by atomic mass is 16.2. The molecule has 0 fully saturated rings. The Morgan fingerprint density at radius 2 is 2.15 bits per heavy atom. The smallest absolute Gasteiger partial charge is 0.322 e. The zero-order chi connectivity index (χ0) is 9.84. The number of rotatable bonds is 1. The van der Waals surface area contributed by atoms with Crippen LogP contribution in [0.1, 0.15) is 5.56 Å². The summed E-state index contributed by atoms with van der Waals surface area (Å²) in [6.07, 6.45) is 1.71. The van der Waals surface area contributed by atoms with Crippen LogP contribution in [0.3, 0.4) is 0 Å². The molecule has 4 nitrogen and oxygen atoms in total. The van der Waals surface area contributed by atoms with Crippen molar-refractivity contribution in [3.05, 3.63) is 23.9 Å². The van der Waals surface area contributed by atoms with Gasteiger partial charge in [0, 0.05) is 20.3 Å². The molecule has 70 valence electrons. The Balaban J connectivity index is 2.65. The van der Waals surface area contributed by atoms with Gasteiger partial charge in [0.05, 0.1) is 0 Å². The van der Waals surface area contributed by atoms with Gasteiger partial charge in [0.15, 0.2) is 0 Å². The predicted molar refractivity (Wildman–Crippen MR) is 51.7 cm³/mol. The van der Waals surface area contributed by atoms with E-state index < -0.39 is 0 Å². The lowest BCUT2D eigenvalue weighted by molar-refractivity contribution is 0.230. The minimum Gasteiger partial charge on any atom is -0.331 e. The summed E-state index contributed by atoms with van der Waals surface area (Å²) in [5.41, 5.74) is 1.07. The van der Waals surface area contributed by atoms with Gasteiger partial charge in [0.25, 0.3) is 0 Å². The first-order valence-electron chi connectivity index (χ1n) is 4.00. The number of nitrogens with one attached hydrogen (secondary N) is 1. The molecule has 0 atom stereocenters. The summed E-state index contributed by atoms with van der Waals surface area (Å²) < 4.78 is 0. The van der Waals surface area contributed by atoms with Crippen LogP contribution in [-0.4, -0.2) is 30.0 Å². The topological polar surface area (TPSA) is 45.2 Å². The predicted octanol–water partition coefficient (Wildman–Crippen LogP) is 1.48. The number of aromatic nitrogens is 1. The number of hydrogen-bond donors (Lipinski definition) is 1. The first-order valence-corrected chi connectivity index (χ1v) is 4.00. The molecule has 0 spiro atoms. The number of anilines is 1. The normalized spacial score (nSPS) is 9.46. The Bertz CT molecular complexity index is 292. The molecule has 2 amide bonds. The molecule has 0 aliphatic heterocycles. The number of urea groups is 1. The van der Waals surface area contributed by atoms with E-state index >= 15 is 0 Å². The summed E-state index contributed by atoms with van der Waals surface area (Å²) in [5, 5.41) is 2.64. The molecular formula is C9H13N3O. The van der Waals surface area contributed by atoms with Crippen LogP contribution in [0, 0.1) is 6.92 Å². The highest BCUT2D eigenvalue weighted by Gasteiger charge is 2.03. The summed E-state index contributed by atoms with van der Waals surface area (Å²) in [4.78, 5) is 16.7. The van der Waals surface area contributed by atoms with Crippen molar-refractivity contribution in [2.24, 2.45) is 0 Å². The average Bonchev–Trinajstić information content (AvgIpc) is 2.08. The van der Waals surface area contributed by atoms with Gasteiger partial charge in [-0.15, -0.1) is 0 Å². The Kier molecular flexibility index (Phi) is 2.84. The van der Waals surface area contributed by atoms with Crippen molar-refractivity contribution in [2.75, 3.05) is 19.4 Å². The Labute approximate surface area is 77.6 Å². The number of carbonyl (C=O) groups excluding carboxylic acids is 1. The highest BCUT2D eigenvalue weighted by Crippen LogP contribution is 2.03. The molecule has 0 radical (unpaired) electrons. The zero-order valence-corrected chi connectivity index (χ0v) is 8.03. The van der Waals surface area contributed by atoms with Gasteiger partial charge in [0.2, 0.25) is 0 Å². The molecule has 0 bridgehead atoms. The van der Waals surface area contributed by atoms with Crippen LogP contribution in [-0.2, 0) is 0 Å². The summed E-state index contributed by atoms with van der Waals surface area (Å²) in [6, 6.07) is 3.51. The Morgan fingerprint density at radius 3 is 2.62 bits per heavy atom. The molecule has 1 heterocycles. The quantitative estimate of drug-likeness (QED) is 0.709. The van der Waals surface area contributed by atoms with Crippen molar-refractivity contribution in [2.45, 2.75) is 6.92 Å². The lowest BCUT2D eigenvalue weighted by atomic mass is 10.3. The standard InChI is InChI=1S/C9H13N3O/c1-7-4-5-8(10-6-7)11-9(13)12(2)3/h4-6H,1-3H3,(H,10,11,13). The van der Waals surface area contributed by atoms with Gasteiger partial charge in [-0.25, -0.2) is 9.78 Å². The van der Waals surface area contributed by atoms with Crippen LogP contribution < -0.4 is 5.32 Å². The first kappa shape index (κ1) is 9.51. The average molecular weight is 179 g/mol. The maximum absolute atomic E-state index is 11.2. The summed E-state index contributed by atoms with van der Waals surface area (Å²) >= 11 is 0. The fourth-order valence-electron chi connectivity index (χ4n) is 0.763. The van der Waals surface area contributed by atoms with Crippen molar-refractivity contribution < 1.29 is 4.79 Å². The van der Waals surface area contributed by atoms with Gasteiger partial charge in [-0.3, -0.25) is 5.32 Å². The third kappa shape index (κ3) is 2.74. The van der Waals surface area contributed by atoms with E-state index in [0.717, 1.165) is 5.56 Å². The highest BCUT2D eigenvalue weighted by molar-refractivity contribution is 5.87. The van der Waals surface area contributed by atoms with Gasteiger partial charge in [-0.2, -0.15) is 0 Å². The molecule has 1 aromatic rings. The van der Waals surface area contributed by atoms with E-state index in [4.69, 9.17) is 0 Å². The second kappa shape index (κ2) is 3.89. The van der Waals surface area contributed by atoms with E-state index in [1.54, 1.807) is 26.4 Å². The van der Waals surface area contributed by atoms with E-state index in [-0.39, 0.29) is 6.03 Å². The van der Waals surface area contributed by atoms with Crippen LogP contribution in [0.25, 0.3) is 0 Å². The van der Waals surface area contributed by atoms with Gasteiger partial charge >= 0.3 is 6.03 Å². The van der Waals surface area contributed by atoms with Crippen molar-refractivity contribution in [3.8, 4) is 0 Å². The summed E-state index contributed by atoms with van der Waals surface area (Å²) in [5.74, 6) is 0.573. The van der Waals surface area contributed by atoms with Crippen LogP contribution in [0.2, 0.25) is 0 Å². The monoisotopic (exact) mass is 179 g/mol. The lowest BCUT2D eigenvalue weighted by Gasteiger charge is -2.10. The van der Waals surface area contributed by atoms with Crippen molar-refractivity contribution >= 4 is 11.8 Å². The number of pyridine rings is 1. The molecule has 4 heteroatoms. The molecule has 0 saturated heterocycles. The van der Waals surface area contributed by atoms with Crippen LogP contribution in [0.5, 0.6) is 0 Å². The second-order valence-electron chi connectivity index (χ2n) is 3.05. The fourth-order valence-corrected chi connectivity index (χ4v) is 0.763. The van der Waals surface area contributed by atoms with Crippen LogP contribution in [0.15, 0.2) is 18.3 Å². The maximum atomic E-state index is 11.2. The SMILES string of the molecule is Cc1ccc(NC(=O)N(C)C)nc1.